The minimum absolute atomic E-state index is 0.0251. The Morgan fingerprint density at radius 1 is 1.09 bits per heavy atom. The molecule has 1 saturated heterocycles. The number of halogens is 4. The van der Waals surface area contributed by atoms with E-state index in [-0.39, 0.29) is 72.7 Å². The third kappa shape index (κ3) is 5.55. The lowest BCUT2D eigenvalue weighted by atomic mass is 10.0. The van der Waals surface area contributed by atoms with E-state index in [2.05, 4.69) is 5.32 Å². The molecule has 3 aromatic heterocycles. The number of hydrogen-bond donors (Lipinski definition) is 2. The zero-order valence-corrected chi connectivity index (χ0v) is 26.1. The number of imidazole rings is 1. The van der Waals surface area contributed by atoms with Crippen LogP contribution in [0.15, 0.2) is 30.3 Å². The van der Waals surface area contributed by atoms with Gasteiger partial charge < -0.3 is 25.1 Å². The van der Waals surface area contributed by atoms with Crippen LogP contribution >= 0.6 is 0 Å². The molecule has 1 aromatic carbocycles. The van der Waals surface area contributed by atoms with Crippen molar-refractivity contribution >= 4 is 33.9 Å². The molecule has 2 saturated carbocycles. The highest BCUT2D eigenvalue weighted by atomic mass is 19.3. The summed E-state index contributed by atoms with van der Waals surface area (Å²) >= 11 is 0. The molecule has 4 aliphatic rings. The van der Waals surface area contributed by atoms with Crippen molar-refractivity contribution < 1.29 is 27.2 Å². The molecule has 248 valence electrons. The van der Waals surface area contributed by atoms with Gasteiger partial charge in [0.2, 0.25) is 5.91 Å². The predicted octanol–water partition coefficient (Wildman–Crippen LogP) is 5.67. The molecular weight excluding hydrogens is 614 g/mol. The van der Waals surface area contributed by atoms with Crippen LogP contribution in [0.3, 0.4) is 0 Å². The van der Waals surface area contributed by atoms with Gasteiger partial charge in [-0.15, -0.1) is 0 Å². The van der Waals surface area contributed by atoms with E-state index in [1.807, 2.05) is 6.92 Å². The number of rotatable bonds is 3. The van der Waals surface area contributed by atoms with Crippen molar-refractivity contribution in [3.05, 3.63) is 47.4 Å². The Hall–Kier alpha value is -4.00. The van der Waals surface area contributed by atoms with Gasteiger partial charge >= 0.3 is 0 Å². The summed E-state index contributed by atoms with van der Waals surface area (Å²) in [6.07, 6.45) is 1.64. The average Bonchev–Trinajstić information content (AvgIpc) is 3.93. The van der Waals surface area contributed by atoms with Crippen molar-refractivity contribution in [3.8, 4) is 11.5 Å². The fraction of sp³-hybridized carbons (Fsp3) is 0.529. The summed E-state index contributed by atoms with van der Waals surface area (Å²) < 4.78 is 65.0. The second-order valence-corrected chi connectivity index (χ2v) is 14.0. The van der Waals surface area contributed by atoms with Crippen molar-refractivity contribution in [3.63, 3.8) is 0 Å². The first kappa shape index (κ1) is 30.3. The summed E-state index contributed by atoms with van der Waals surface area (Å²) in [5, 5.41) is 3.66. The van der Waals surface area contributed by atoms with E-state index < -0.39 is 42.4 Å². The summed E-state index contributed by atoms with van der Waals surface area (Å²) in [7, 11) is 0. The van der Waals surface area contributed by atoms with Gasteiger partial charge in [-0.05, 0) is 81.7 Å². The van der Waals surface area contributed by atoms with Crippen LogP contribution in [-0.4, -0.2) is 67.0 Å². The number of nitrogens with two attached hydrogens (primary N) is 1. The minimum Gasteiger partial charge on any atom is -0.348 e. The Kier molecular flexibility index (Phi) is 7.12. The molecule has 5 heterocycles. The summed E-state index contributed by atoms with van der Waals surface area (Å²) in [6, 6.07) is 6.93. The molecule has 2 bridgehead atoms. The van der Waals surface area contributed by atoms with Gasteiger partial charge in [0.1, 0.15) is 23.2 Å². The molecule has 9 nitrogen and oxygen atoms in total. The Balaban J connectivity index is 1.25. The lowest BCUT2D eigenvalue weighted by molar-refractivity contribution is -0.123. The van der Waals surface area contributed by atoms with Gasteiger partial charge in [0.05, 0.1) is 36.0 Å². The number of nitrogens with one attached hydrogen (secondary N) is 1. The van der Waals surface area contributed by atoms with Crippen LogP contribution in [0.25, 0.3) is 33.6 Å². The van der Waals surface area contributed by atoms with Gasteiger partial charge in [0, 0.05) is 41.9 Å². The molecule has 2 aliphatic heterocycles. The maximum Gasteiger partial charge on any atom is 0.265 e. The number of fused-ring (bicyclic) bond motifs is 3. The second kappa shape index (κ2) is 11.0. The number of amides is 2. The number of piperidine rings is 1. The van der Waals surface area contributed by atoms with E-state index >= 15 is 13.2 Å². The van der Waals surface area contributed by atoms with Crippen molar-refractivity contribution in [2.24, 2.45) is 17.6 Å². The highest BCUT2D eigenvalue weighted by Crippen LogP contribution is 2.45. The summed E-state index contributed by atoms with van der Waals surface area (Å²) in [4.78, 5) is 37.1. The normalized spacial score (nSPS) is 27.9. The first-order valence-electron chi connectivity index (χ1n) is 16.5. The van der Waals surface area contributed by atoms with Gasteiger partial charge in [-0.25, -0.2) is 27.5 Å². The van der Waals surface area contributed by atoms with E-state index in [0.717, 1.165) is 18.9 Å². The van der Waals surface area contributed by atoms with Gasteiger partial charge in [-0.1, -0.05) is 0 Å². The largest absolute Gasteiger partial charge is 0.348 e. The quantitative estimate of drug-likeness (QED) is 0.278. The molecule has 13 heteroatoms. The SMILES string of the molecule is C[C@H]1NC(=O)[C@@H]2C[C@H]2CCCC(F)(F)Cn2c(-c3nc4cc(C(=O)N5C[C@H](N)C[C@@H](F)C5)cc(F)c4n3C3CC3)cc3ccc1nc32. The van der Waals surface area contributed by atoms with Crippen molar-refractivity contribution in [1.82, 2.24) is 29.3 Å². The van der Waals surface area contributed by atoms with Crippen LogP contribution in [-0.2, 0) is 11.3 Å². The predicted molar refractivity (Wildman–Crippen MR) is 167 cm³/mol. The molecule has 8 rings (SSSR count). The minimum atomic E-state index is -3.08. The highest BCUT2D eigenvalue weighted by Gasteiger charge is 2.44. The average molecular weight is 652 g/mol. The molecule has 3 fully saturated rings. The Labute approximate surface area is 268 Å². The zero-order valence-electron chi connectivity index (χ0n) is 26.1. The van der Waals surface area contributed by atoms with Crippen molar-refractivity contribution in [2.45, 2.75) is 88.6 Å². The van der Waals surface area contributed by atoms with Crippen molar-refractivity contribution in [1.29, 1.82) is 0 Å². The summed E-state index contributed by atoms with van der Waals surface area (Å²) in [6.45, 7) is 1.22. The van der Waals surface area contributed by atoms with E-state index in [4.69, 9.17) is 15.7 Å². The van der Waals surface area contributed by atoms with Crippen LogP contribution in [0.5, 0.6) is 0 Å². The molecule has 5 atom stereocenters. The fourth-order valence-corrected chi connectivity index (χ4v) is 7.54. The number of carbonyl (C=O) groups is 2. The number of carbonyl (C=O) groups excluding carboxylic acids is 2. The number of nitrogens with zero attached hydrogens (tertiary/aromatic N) is 5. The maximum atomic E-state index is 16.0. The Morgan fingerprint density at radius 2 is 1.89 bits per heavy atom. The molecule has 47 heavy (non-hydrogen) atoms. The number of likely N-dealkylation sites (tertiary alicyclic amines) is 1. The lowest BCUT2D eigenvalue weighted by Gasteiger charge is -2.33. The van der Waals surface area contributed by atoms with E-state index in [1.165, 1.54) is 15.5 Å². The number of benzene rings is 1. The highest BCUT2D eigenvalue weighted by molar-refractivity contribution is 5.98. The van der Waals surface area contributed by atoms with E-state index in [0.29, 0.717) is 41.1 Å². The fourth-order valence-electron chi connectivity index (χ4n) is 7.54. The molecule has 2 aliphatic carbocycles. The standard InChI is InChI=1S/C34H37F4N7O2/c1-17-26-7-4-19-12-28(44(30(19)41-26)16-34(37,38)8-2-3-18-9-24(18)32(46)40-17)31-42-27-11-20(10-25(36)29(27)45(31)23-5-6-23)33(47)43-14-21(35)13-22(39)15-43/h4,7,10-12,17-18,21-24H,2-3,5-6,8-9,13-16,39H2,1H3,(H,40,46)/t17-,18-,21-,22-,24-/m1/s1. The number of hydrogen-bond acceptors (Lipinski definition) is 5. The van der Waals surface area contributed by atoms with Gasteiger partial charge in [0.25, 0.3) is 11.8 Å². The second-order valence-electron chi connectivity index (χ2n) is 14.0. The Bertz CT molecular complexity index is 1910. The topological polar surface area (TPSA) is 111 Å². The monoisotopic (exact) mass is 651 g/mol. The number of aromatic nitrogens is 4. The number of alkyl halides is 3. The summed E-state index contributed by atoms with van der Waals surface area (Å²) in [5.41, 5.74) is 7.62. The van der Waals surface area contributed by atoms with Crippen LogP contribution in [0.1, 0.15) is 80.0 Å². The van der Waals surface area contributed by atoms with Crippen LogP contribution in [0.2, 0.25) is 0 Å². The third-order valence-corrected chi connectivity index (χ3v) is 10.2. The lowest BCUT2D eigenvalue weighted by Crippen LogP contribution is -2.50. The zero-order chi connectivity index (χ0) is 32.8. The number of pyridine rings is 1. The Morgan fingerprint density at radius 3 is 2.66 bits per heavy atom. The first-order chi connectivity index (χ1) is 22.5. The van der Waals surface area contributed by atoms with Crippen molar-refractivity contribution in [2.75, 3.05) is 13.1 Å². The first-order valence-corrected chi connectivity index (χ1v) is 16.5. The van der Waals surface area contributed by atoms with E-state index in [1.54, 1.807) is 22.8 Å². The molecule has 0 unspecified atom stereocenters. The smallest absolute Gasteiger partial charge is 0.265 e. The van der Waals surface area contributed by atoms with Crippen LogP contribution in [0.4, 0.5) is 17.6 Å². The molecule has 0 spiro atoms. The molecule has 3 N–H and O–H groups in total. The van der Waals surface area contributed by atoms with E-state index in [9.17, 15) is 14.0 Å². The van der Waals surface area contributed by atoms with Gasteiger partial charge in [-0.3, -0.25) is 9.59 Å². The maximum absolute atomic E-state index is 16.0. The molecule has 2 amide bonds. The molecule has 4 aromatic rings. The van der Waals surface area contributed by atoms with Gasteiger partial charge in [0.15, 0.2) is 5.82 Å². The van der Waals surface area contributed by atoms with Crippen LogP contribution < -0.4 is 11.1 Å². The third-order valence-electron chi connectivity index (χ3n) is 10.2. The molecule has 0 radical (unpaired) electrons. The van der Waals surface area contributed by atoms with Gasteiger partial charge in [-0.2, -0.15) is 0 Å². The van der Waals surface area contributed by atoms with Crippen LogP contribution in [0, 0.1) is 17.7 Å². The summed E-state index contributed by atoms with van der Waals surface area (Å²) in [5.74, 6) is -4.07. The molecular formula is C34H37F4N7O2.